The molecule has 0 atom stereocenters. The lowest BCUT2D eigenvalue weighted by Gasteiger charge is -2.07. The molecular weight excluding hydrogens is 196 g/mol. The van der Waals surface area contributed by atoms with Crippen LogP contribution >= 0.6 is 11.8 Å². The van der Waals surface area contributed by atoms with Crippen LogP contribution in [0.5, 0.6) is 0 Å². The van der Waals surface area contributed by atoms with Crippen molar-refractivity contribution in [1.82, 2.24) is 9.55 Å². The maximum atomic E-state index is 11.6. The Hall–Kier alpha value is -1.29. The second-order valence-corrected chi connectivity index (χ2v) is 3.75. The first-order valence-corrected chi connectivity index (χ1v) is 5.46. The standard InChI is InChI=1S/C10H10N2OS/c1-12-8-6-4-3-5-7(8)9(13)11-10(12)14-2/h3-6H,1-2H3. The van der Waals surface area contributed by atoms with Crippen molar-refractivity contribution >= 4 is 22.7 Å². The highest BCUT2D eigenvalue weighted by Crippen LogP contribution is 2.15. The molecule has 2 rings (SSSR count). The lowest BCUT2D eigenvalue weighted by molar-refractivity contribution is 0.767. The number of aryl methyl sites for hydroxylation is 1. The van der Waals surface area contributed by atoms with E-state index in [2.05, 4.69) is 4.98 Å². The minimum Gasteiger partial charge on any atom is -0.323 e. The predicted octanol–water partition coefficient (Wildman–Crippen LogP) is 1.66. The van der Waals surface area contributed by atoms with Gasteiger partial charge in [-0.05, 0) is 18.4 Å². The van der Waals surface area contributed by atoms with Crippen LogP contribution in [0.25, 0.3) is 10.9 Å². The van der Waals surface area contributed by atoms with Gasteiger partial charge in [-0.3, -0.25) is 4.79 Å². The molecule has 14 heavy (non-hydrogen) atoms. The van der Waals surface area contributed by atoms with Gasteiger partial charge in [0.05, 0.1) is 10.9 Å². The van der Waals surface area contributed by atoms with Crippen LogP contribution in [0.2, 0.25) is 0 Å². The molecule has 0 fully saturated rings. The monoisotopic (exact) mass is 206 g/mol. The van der Waals surface area contributed by atoms with E-state index >= 15 is 0 Å². The number of aromatic nitrogens is 2. The van der Waals surface area contributed by atoms with Crippen LogP contribution in [0.1, 0.15) is 0 Å². The first-order valence-electron chi connectivity index (χ1n) is 4.24. The summed E-state index contributed by atoms with van der Waals surface area (Å²) in [5.41, 5.74) is 0.778. The number of thioether (sulfide) groups is 1. The Morgan fingerprint density at radius 2 is 2.07 bits per heavy atom. The number of hydrogen-bond donors (Lipinski definition) is 0. The quantitative estimate of drug-likeness (QED) is 0.525. The summed E-state index contributed by atoms with van der Waals surface area (Å²) in [4.78, 5) is 15.6. The van der Waals surface area contributed by atoms with Gasteiger partial charge in [0.15, 0.2) is 5.16 Å². The van der Waals surface area contributed by atoms with Gasteiger partial charge in [0.1, 0.15) is 0 Å². The number of rotatable bonds is 1. The molecule has 0 saturated carbocycles. The minimum atomic E-state index is -0.150. The van der Waals surface area contributed by atoms with Crippen LogP contribution in [-0.4, -0.2) is 15.8 Å². The molecule has 2 aromatic rings. The lowest BCUT2D eigenvalue weighted by Crippen LogP contribution is -2.13. The lowest BCUT2D eigenvalue weighted by atomic mass is 10.2. The molecule has 0 bridgehead atoms. The Kier molecular flexibility index (Phi) is 2.29. The third-order valence-corrected chi connectivity index (χ3v) is 2.89. The van der Waals surface area contributed by atoms with Crippen molar-refractivity contribution in [2.45, 2.75) is 5.16 Å². The van der Waals surface area contributed by atoms with Gasteiger partial charge in [0, 0.05) is 7.05 Å². The molecule has 0 saturated heterocycles. The van der Waals surface area contributed by atoms with Gasteiger partial charge in [-0.2, -0.15) is 4.98 Å². The maximum Gasteiger partial charge on any atom is 0.281 e. The highest BCUT2D eigenvalue weighted by molar-refractivity contribution is 7.98. The van der Waals surface area contributed by atoms with Gasteiger partial charge in [-0.25, -0.2) is 0 Å². The smallest absolute Gasteiger partial charge is 0.281 e. The Morgan fingerprint density at radius 3 is 2.79 bits per heavy atom. The average molecular weight is 206 g/mol. The first-order chi connectivity index (χ1) is 6.74. The van der Waals surface area contributed by atoms with Gasteiger partial charge in [-0.1, -0.05) is 23.9 Å². The second kappa shape index (κ2) is 3.46. The second-order valence-electron chi connectivity index (χ2n) is 2.98. The zero-order valence-corrected chi connectivity index (χ0v) is 8.84. The molecule has 72 valence electrons. The Balaban J connectivity index is 2.95. The largest absolute Gasteiger partial charge is 0.323 e. The molecule has 1 aromatic carbocycles. The van der Waals surface area contributed by atoms with E-state index in [-0.39, 0.29) is 5.56 Å². The van der Waals surface area contributed by atoms with E-state index in [0.29, 0.717) is 5.39 Å². The van der Waals surface area contributed by atoms with Crippen molar-refractivity contribution in [2.75, 3.05) is 6.26 Å². The van der Waals surface area contributed by atoms with E-state index in [1.54, 1.807) is 6.07 Å². The maximum absolute atomic E-state index is 11.6. The highest BCUT2D eigenvalue weighted by Gasteiger charge is 2.05. The third kappa shape index (κ3) is 1.32. The molecule has 0 amide bonds. The van der Waals surface area contributed by atoms with E-state index < -0.39 is 0 Å². The summed E-state index contributed by atoms with van der Waals surface area (Å²) in [5, 5.41) is 1.42. The van der Waals surface area contributed by atoms with Crippen molar-refractivity contribution < 1.29 is 0 Å². The number of hydrogen-bond acceptors (Lipinski definition) is 3. The van der Waals surface area contributed by atoms with Crippen molar-refractivity contribution in [3.05, 3.63) is 34.6 Å². The molecule has 0 aliphatic carbocycles. The highest BCUT2D eigenvalue weighted by atomic mass is 32.2. The molecule has 1 aromatic heterocycles. The number of fused-ring (bicyclic) bond motifs is 1. The summed E-state index contributed by atoms with van der Waals surface area (Å²) in [6.45, 7) is 0. The molecule has 3 nitrogen and oxygen atoms in total. The summed E-state index contributed by atoms with van der Waals surface area (Å²) in [7, 11) is 1.92. The van der Waals surface area contributed by atoms with Crippen LogP contribution < -0.4 is 5.56 Å². The van der Waals surface area contributed by atoms with Gasteiger partial charge in [0.2, 0.25) is 0 Å². The van der Waals surface area contributed by atoms with Crippen LogP contribution in [0.3, 0.4) is 0 Å². The van der Waals surface area contributed by atoms with Gasteiger partial charge < -0.3 is 4.57 Å². The Labute approximate surface area is 85.8 Å². The molecule has 0 spiro atoms. The predicted molar refractivity (Wildman–Crippen MR) is 58.8 cm³/mol. The summed E-state index contributed by atoms with van der Waals surface area (Å²) in [5.74, 6) is 0. The normalized spacial score (nSPS) is 10.7. The van der Waals surface area contributed by atoms with Crippen LogP contribution in [-0.2, 0) is 7.05 Å². The van der Waals surface area contributed by atoms with Gasteiger partial charge in [0.25, 0.3) is 5.56 Å². The van der Waals surface area contributed by atoms with Crippen molar-refractivity contribution in [3.8, 4) is 0 Å². The van der Waals surface area contributed by atoms with Crippen LogP contribution in [0.15, 0.2) is 34.2 Å². The Morgan fingerprint density at radius 1 is 1.36 bits per heavy atom. The topological polar surface area (TPSA) is 34.9 Å². The fourth-order valence-corrected chi connectivity index (χ4v) is 2.00. The Bertz CT molecular complexity index is 533. The molecule has 4 heteroatoms. The number of nitrogens with zero attached hydrogens (tertiary/aromatic N) is 2. The molecule has 0 unspecified atom stereocenters. The minimum absolute atomic E-state index is 0.150. The van der Waals surface area contributed by atoms with E-state index in [1.165, 1.54) is 11.8 Å². The first kappa shape index (κ1) is 9.27. The van der Waals surface area contributed by atoms with E-state index in [4.69, 9.17) is 0 Å². The summed E-state index contributed by atoms with van der Waals surface area (Å²) < 4.78 is 1.93. The van der Waals surface area contributed by atoms with Crippen molar-refractivity contribution in [3.63, 3.8) is 0 Å². The van der Waals surface area contributed by atoms with Crippen LogP contribution in [0.4, 0.5) is 0 Å². The third-order valence-electron chi connectivity index (χ3n) is 2.16. The fourth-order valence-electron chi connectivity index (χ4n) is 1.45. The van der Waals surface area contributed by atoms with E-state index in [0.717, 1.165) is 10.7 Å². The van der Waals surface area contributed by atoms with Gasteiger partial charge >= 0.3 is 0 Å². The SMILES string of the molecule is CSc1nc(=O)c2ccccc2n1C. The summed E-state index contributed by atoms with van der Waals surface area (Å²) >= 11 is 1.48. The van der Waals surface area contributed by atoms with Crippen molar-refractivity contribution in [2.24, 2.45) is 7.05 Å². The molecule has 0 N–H and O–H groups in total. The van der Waals surface area contributed by atoms with Gasteiger partial charge in [-0.15, -0.1) is 0 Å². The molecular formula is C10H10N2OS. The molecule has 0 aliphatic heterocycles. The van der Waals surface area contributed by atoms with E-state index in [9.17, 15) is 4.79 Å². The average Bonchev–Trinajstić information content (AvgIpc) is 2.23. The number of para-hydroxylation sites is 1. The molecule has 0 aliphatic rings. The summed E-state index contributed by atoms with van der Waals surface area (Å²) in [6.07, 6.45) is 1.91. The summed E-state index contributed by atoms with van der Waals surface area (Å²) in [6, 6.07) is 7.50. The van der Waals surface area contributed by atoms with Crippen molar-refractivity contribution in [1.29, 1.82) is 0 Å². The zero-order valence-electron chi connectivity index (χ0n) is 8.02. The fraction of sp³-hybridized carbons (Fsp3) is 0.200. The zero-order chi connectivity index (χ0) is 10.1. The van der Waals surface area contributed by atoms with E-state index in [1.807, 2.05) is 36.1 Å². The van der Waals surface area contributed by atoms with Crippen LogP contribution in [0, 0.1) is 0 Å². The molecule has 0 radical (unpaired) electrons. The number of benzene rings is 1. The molecule has 1 heterocycles.